The summed E-state index contributed by atoms with van der Waals surface area (Å²) in [7, 11) is 0. The minimum atomic E-state index is -1.23. The van der Waals surface area contributed by atoms with Crippen molar-refractivity contribution in [1.82, 2.24) is 5.32 Å². The SMILES string of the molecule is Cc1ccccc1C(=O)NC(=Cc1ccc2c(c1)OCO2)C(=O)O. The first-order valence-corrected chi connectivity index (χ1v) is 7.26. The predicted octanol–water partition coefficient (Wildman–Crippen LogP) is 2.58. The van der Waals surface area contributed by atoms with Gasteiger partial charge in [-0.15, -0.1) is 0 Å². The third-order valence-electron chi connectivity index (χ3n) is 3.58. The van der Waals surface area contributed by atoms with Crippen molar-refractivity contribution in [3.8, 4) is 11.5 Å². The lowest BCUT2D eigenvalue weighted by Gasteiger charge is -2.08. The number of hydrogen-bond acceptors (Lipinski definition) is 4. The summed E-state index contributed by atoms with van der Waals surface area (Å²) < 4.78 is 10.5. The minimum Gasteiger partial charge on any atom is -0.477 e. The molecule has 6 nitrogen and oxygen atoms in total. The molecule has 1 aliphatic rings. The lowest BCUT2D eigenvalue weighted by Crippen LogP contribution is -2.27. The quantitative estimate of drug-likeness (QED) is 0.844. The summed E-state index contributed by atoms with van der Waals surface area (Å²) in [5, 5.41) is 11.8. The molecule has 1 amide bonds. The molecule has 0 saturated carbocycles. The average molecular weight is 325 g/mol. The third kappa shape index (κ3) is 3.22. The van der Waals surface area contributed by atoms with Crippen LogP contribution in [0.2, 0.25) is 0 Å². The van der Waals surface area contributed by atoms with Crippen LogP contribution < -0.4 is 14.8 Å². The van der Waals surface area contributed by atoms with Gasteiger partial charge < -0.3 is 19.9 Å². The second kappa shape index (κ2) is 6.45. The highest BCUT2D eigenvalue weighted by atomic mass is 16.7. The molecule has 122 valence electrons. The van der Waals surface area contributed by atoms with Gasteiger partial charge in [0.2, 0.25) is 6.79 Å². The maximum atomic E-state index is 12.3. The first-order valence-electron chi connectivity index (χ1n) is 7.26. The number of hydrogen-bond donors (Lipinski definition) is 2. The van der Waals surface area contributed by atoms with Crippen LogP contribution in [0.5, 0.6) is 11.5 Å². The molecular formula is C18H15NO5. The Balaban J connectivity index is 1.86. The van der Waals surface area contributed by atoms with Crippen molar-refractivity contribution in [3.63, 3.8) is 0 Å². The zero-order chi connectivity index (χ0) is 17.1. The van der Waals surface area contributed by atoms with E-state index in [2.05, 4.69) is 5.32 Å². The summed E-state index contributed by atoms with van der Waals surface area (Å²) in [5.41, 5.74) is 1.56. The van der Waals surface area contributed by atoms with E-state index >= 15 is 0 Å². The largest absolute Gasteiger partial charge is 0.477 e. The molecule has 1 heterocycles. The van der Waals surface area contributed by atoms with E-state index in [0.29, 0.717) is 22.6 Å². The minimum absolute atomic E-state index is 0.137. The van der Waals surface area contributed by atoms with Crippen molar-refractivity contribution in [2.75, 3.05) is 6.79 Å². The first-order chi connectivity index (χ1) is 11.5. The number of carboxylic acid groups (broad SMARTS) is 1. The topological polar surface area (TPSA) is 84.9 Å². The highest BCUT2D eigenvalue weighted by Gasteiger charge is 2.16. The van der Waals surface area contributed by atoms with E-state index in [1.54, 1.807) is 43.3 Å². The van der Waals surface area contributed by atoms with E-state index in [-0.39, 0.29) is 12.5 Å². The summed E-state index contributed by atoms with van der Waals surface area (Å²) in [5.74, 6) is -0.552. The first kappa shape index (κ1) is 15.6. The fraction of sp³-hybridized carbons (Fsp3) is 0.111. The van der Waals surface area contributed by atoms with Gasteiger partial charge in [-0.3, -0.25) is 4.79 Å². The third-order valence-corrected chi connectivity index (χ3v) is 3.58. The van der Waals surface area contributed by atoms with Crippen LogP contribution in [-0.4, -0.2) is 23.8 Å². The van der Waals surface area contributed by atoms with Crippen LogP contribution in [0.15, 0.2) is 48.2 Å². The Morgan fingerprint density at radius 3 is 2.62 bits per heavy atom. The zero-order valence-corrected chi connectivity index (χ0v) is 12.9. The van der Waals surface area contributed by atoms with Gasteiger partial charge in [-0.2, -0.15) is 0 Å². The molecule has 0 aromatic heterocycles. The number of nitrogens with one attached hydrogen (secondary N) is 1. The molecule has 0 bridgehead atoms. The standard InChI is InChI=1S/C18H15NO5/c1-11-4-2-3-5-13(11)17(20)19-14(18(21)22)8-12-6-7-15-16(9-12)24-10-23-15/h2-9H,10H2,1H3,(H,19,20)(H,21,22). The molecule has 0 fully saturated rings. The summed E-state index contributed by atoms with van der Waals surface area (Å²) >= 11 is 0. The molecule has 2 aromatic carbocycles. The smallest absolute Gasteiger partial charge is 0.352 e. The Kier molecular flexibility index (Phi) is 4.20. The summed E-state index contributed by atoms with van der Waals surface area (Å²) in [6.45, 7) is 1.93. The average Bonchev–Trinajstić information content (AvgIpc) is 3.02. The number of benzene rings is 2. The lowest BCUT2D eigenvalue weighted by atomic mass is 10.1. The van der Waals surface area contributed by atoms with Crippen LogP contribution in [0, 0.1) is 6.92 Å². The Morgan fingerprint density at radius 2 is 1.88 bits per heavy atom. The van der Waals surface area contributed by atoms with Gasteiger partial charge in [0.25, 0.3) is 5.91 Å². The fourth-order valence-corrected chi connectivity index (χ4v) is 2.34. The maximum Gasteiger partial charge on any atom is 0.352 e. The molecule has 0 spiro atoms. The van der Waals surface area contributed by atoms with Gasteiger partial charge in [0.15, 0.2) is 11.5 Å². The van der Waals surface area contributed by atoms with Crippen molar-refractivity contribution in [2.45, 2.75) is 6.92 Å². The highest BCUT2D eigenvalue weighted by molar-refractivity contribution is 6.03. The van der Waals surface area contributed by atoms with Crippen molar-refractivity contribution in [3.05, 3.63) is 64.9 Å². The second-order valence-electron chi connectivity index (χ2n) is 5.24. The Bertz CT molecular complexity index is 841. The number of amides is 1. The predicted molar refractivity (Wildman–Crippen MR) is 86.8 cm³/mol. The van der Waals surface area contributed by atoms with Gasteiger partial charge in [0.05, 0.1) is 0 Å². The molecule has 3 rings (SSSR count). The molecule has 1 aliphatic heterocycles. The van der Waals surface area contributed by atoms with Gasteiger partial charge in [-0.25, -0.2) is 4.79 Å². The summed E-state index contributed by atoms with van der Waals surface area (Å²) in [4.78, 5) is 23.7. The summed E-state index contributed by atoms with van der Waals surface area (Å²) in [6, 6.07) is 12.0. The molecule has 0 aliphatic carbocycles. The molecule has 2 N–H and O–H groups in total. The van der Waals surface area contributed by atoms with Crippen molar-refractivity contribution in [1.29, 1.82) is 0 Å². The van der Waals surface area contributed by atoms with E-state index < -0.39 is 11.9 Å². The maximum absolute atomic E-state index is 12.3. The monoisotopic (exact) mass is 325 g/mol. The van der Waals surface area contributed by atoms with Crippen molar-refractivity contribution < 1.29 is 24.2 Å². The number of carboxylic acids is 1. The number of aryl methyl sites for hydroxylation is 1. The summed E-state index contributed by atoms with van der Waals surface area (Å²) in [6.07, 6.45) is 1.38. The van der Waals surface area contributed by atoms with Crippen LogP contribution in [0.4, 0.5) is 0 Å². The van der Waals surface area contributed by atoms with Crippen molar-refractivity contribution in [2.24, 2.45) is 0 Å². The van der Waals surface area contributed by atoms with Crippen LogP contribution in [0.25, 0.3) is 6.08 Å². The Hall–Kier alpha value is -3.28. The van der Waals surface area contributed by atoms with Gasteiger partial charge >= 0.3 is 5.97 Å². The Labute approximate surface area is 138 Å². The van der Waals surface area contributed by atoms with E-state index in [1.807, 2.05) is 6.07 Å². The van der Waals surface area contributed by atoms with Gasteiger partial charge in [0.1, 0.15) is 5.70 Å². The van der Waals surface area contributed by atoms with E-state index in [1.165, 1.54) is 6.08 Å². The molecule has 0 radical (unpaired) electrons. The van der Waals surface area contributed by atoms with E-state index in [4.69, 9.17) is 9.47 Å². The van der Waals surface area contributed by atoms with Crippen LogP contribution in [0.3, 0.4) is 0 Å². The van der Waals surface area contributed by atoms with Crippen LogP contribution in [0.1, 0.15) is 21.5 Å². The van der Waals surface area contributed by atoms with E-state index in [9.17, 15) is 14.7 Å². The molecule has 24 heavy (non-hydrogen) atoms. The van der Waals surface area contributed by atoms with Gasteiger partial charge in [-0.1, -0.05) is 24.3 Å². The fourth-order valence-electron chi connectivity index (χ4n) is 2.34. The number of rotatable bonds is 4. The van der Waals surface area contributed by atoms with Crippen molar-refractivity contribution >= 4 is 18.0 Å². The number of carbonyl (C=O) groups excluding carboxylic acids is 1. The molecule has 0 atom stereocenters. The number of carbonyl (C=O) groups is 2. The molecule has 2 aromatic rings. The van der Waals surface area contributed by atoms with Crippen LogP contribution in [-0.2, 0) is 4.79 Å². The second-order valence-corrected chi connectivity index (χ2v) is 5.24. The molecular weight excluding hydrogens is 310 g/mol. The van der Waals surface area contributed by atoms with E-state index in [0.717, 1.165) is 5.56 Å². The Morgan fingerprint density at radius 1 is 1.12 bits per heavy atom. The lowest BCUT2D eigenvalue weighted by molar-refractivity contribution is -0.132. The number of aliphatic carboxylic acids is 1. The van der Waals surface area contributed by atoms with Gasteiger partial charge in [0, 0.05) is 5.56 Å². The highest BCUT2D eigenvalue weighted by Crippen LogP contribution is 2.33. The number of ether oxygens (including phenoxy) is 2. The zero-order valence-electron chi connectivity index (χ0n) is 12.9. The molecule has 0 saturated heterocycles. The van der Waals surface area contributed by atoms with Gasteiger partial charge in [-0.05, 0) is 42.3 Å². The molecule has 0 unspecified atom stereocenters. The normalized spacial score (nSPS) is 12.8. The molecule has 6 heteroatoms. The van der Waals surface area contributed by atoms with Crippen LogP contribution >= 0.6 is 0 Å². The number of fused-ring (bicyclic) bond motifs is 1.